The van der Waals surface area contributed by atoms with Crippen LogP contribution in [-0.4, -0.2) is 43.6 Å². The summed E-state index contributed by atoms with van der Waals surface area (Å²) in [6, 6.07) is 10.1. The minimum atomic E-state index is -0.689. The van der Waals surface area contributed by atoms with E-state index in [0.29, 0.717) is 23.1 Å². The highest BCUT2D eigenvalue weighted by atomic mass is 35.5. The lowest BCUT2D eigenvalue weighted by Crippen LogP contribution is -2.30. The summed E-state index contributed by atoms with van der Waals surface area (Å²) in [5, 5.41) is 0.805. The highest BCUT2D eigenvalue weighted by Crippen LogP contribution is 2.37. The number of rotatable bonds is 8. The molecule has 2 aromatic rings. The lowest BCUT2D eigenvalue weighted by molar-refractivity contribution is -0.133. The van der Waals surface area contributed by atoms with Gasteiger partial charge in [-0.15, -0.1) is 0 Å². The molecule has 0 bridgehead atoms. The number of benzene rings is 2. The fraction of sp³-hybridized carbons (Fsp3) is 0.333. The molecule has 0 saturated heterocycles. The number of methoxy groups -OCH3 is 1. The molecule has 29 heavy (non-hydrogen) atoms. The first kappa shape index (κ1) is 22.8. The summed E-state index contributed by atoms with van der Waals surface area (Å²) in [6.45, 7) is 3.64. The molecule has 0 radical (unpaired) electrons. The molecule has 6 nitrogen and oxygen atoms in total. The molecule has 2 aromatic carbocycles. The Morgan fingerprint density at radius 2 is 1.86 bits per heavy atom. The maximum absolute atomic E-state index is 12.4. The average molecular weight is 440 g/mol. The maximum Gasteiger partial charge on any atom is 0.338 e. The van der Waals surface area contributed by atoms with Crippen molar-refractivity contribution in [3.05, 3.63) is 57.6 Å². The van der Waals surface area contributed by atoms with Gasteiger partial charge in [0.2, 0.25) is 0 Å². The second kappa shape index (κ2) is 10.4. The minimum absolute atomic E-state index is 0.119. The summed E-state index contributed by atoms with van der Waals surface area (Å²) >= 11 is 12.2. The fourth-order valence-corrected chi connectivity index (χ4v) is 2.97. The molecule has 0 aromatic heterocycles. The van der Waals surface area contributed by atoms with Gasteiger partial charge in [0.15, 0.2) is 18.1 Å². The summed E-state index contributed by atoms with van der Waals surface area (Å²) in [4.78, 5) is 26.1. The van der Waals surface area contributed by atoms with E-state index in [-0.39, 0.29) is 22.6 Å². The van der Waals surface area contributed by atoms with Crippen LogP contribution in [-0.2, 0) is 16.1 Å². The van der Waals surface area contributed by atoms with E-state index >= 15 is 0 Å². The Morgan fingerprint density at radius 1 is 1.14 bits per heavy atom. The Balaban J connectivity index is 2.00. The molecule has 8 heteroatoms. The van der Waals surface area contributed by atoms with E-state index in [1.165, 1.54) is 24.1 Å². The summed E-state index contributed by atoms with van der Waals surface area (Å²) in [5.74, 6) is -0.387. The quantitative estimate of drug-likeness (QED) is 0.562. The van der Waals surface area contributed by atoms with Gasteiger partial charge in [0.1, 0.15) is 0 Å². The Bertz CT molecular complexity index is 885. The van der Waals surface area contributed by atoms with Crippen LogP contribution in [0.15, 0.2) is 36.4 Å². The SMILES string of the molecule is COc1cc(C(=O)OCC(=O)N(C)Cc2cccc(Cl)c2)cc(Cl)c1OC(C)C. The molecule has 0 N–H and O–H groups in total. The van der Waals surface area contributed by atoms with Crippen LogP contribution >= 0.6 is 23.2 Å². The largest absolute Gasteiger partial charge is 0.493 e. The molecule has 156 valence electrons. The van der Waals surface area contributed by atoms with Gasteiger partial charge >= 0.3 is 5.97 Å². The molecular formula is C21H23Cl2NO5. The topological polar surface area (TPSA) is 65.1 Å². The number of halogens is 2. The van der Waals surface area contributed by atoms with Crippen LogP contribution in [0.5, 0.6) is 11.5 Å². The molecule has 2 rings (SSSR count). The summed E-state index contributed by atoms with van der Waals surface area (Å²) < 4.78 is 16.0. The van der Waals surface area contributed by atoms with Crippen LogP contribution < -0.4 is 9.47 Å². The Kier molecular flexibility index (Phi) is 8.17. The number of carbonyl (C=O) groups is 2. The normalized spacial score (nSPS) is 10.6. The van der Waals surface area contributed by atoms with Gasteiger partial charge in [-0.2, -0.15) is 0 Å². The van der Waals surface area contributed by atoms with Gasteiger partial charge in [-0.3, -0.25) is 4.79 Å². The maximum atomic E-state index is 12.4. The molecule has 0 atom stereocenters. The molecule has 0 saturated carbocycles. The van der Waals surface area contributed by atoms with Crippen molar-refractivity contribution in [3.63, 3.8) is 0 Å². The summed E-state index contributed by atoms with van der Waals surface area (Å²) in [7, 11) is 3.07. The van der Waals surface area contributed by atoms with Crippen LogP contribution in [0.2, 0.25) is 10.0 Å². The third-order valence-electron chi connectivity index (χ3n) is 3.88. The van der Waals surface area contributed by atoms with E-state index in [1.54, 1.807) is 25.2 Å². The minimum Gasteiger partial charge on any atom is -0.493 e. The first-order valence-electron chi connectivity index (χ1n) is 8.91. The highest BCUT2D eigenvalue weighted by Gasteiger charge is 2.19. The monoisotopic (exact) mass is 439 g/mol. The average Bonchev–Trinajstić information content (AvgIpc) is 2.66. The zero-order valence-corrected chi connectivity index (χ0v) is 18.2. The van der Waals surface area contributed by atoms with Crippen LogP contribution in [0.25, 0.3) is 0 Å². The molecule has 0 spiro atoms. The van der Waals surface area contributed by atoms with Gasteiger partial charge < -0.3 is 19.1 Å². The van der Waals surface area contributed by atoms with Crippen molar-refractivity contribution in [2.45, 2.75) is 26.5 Å². The molecule has 0 fully saturated rings. The second-order valence-electron chi connectivity index (χ2n) is 6.61. The van der Waals surface area contributed by atoms with Gasteiger partial charge in [0.25, 0.3) is 5.91 Å². The molecular weight excluding hydrogens is 417 g/mol. The summed E-state index contributed by atoms with van der Waals surface area (Å²) in [5.41, 5.74) is 1.03. The number of hydrogen-bond donors (Lipinski definition) is 0. The van der Waals surface area contributed by atoms with Crippen molar-refractivity contribution >= 4 is 35.1 Å². The van der Waals surface area contributed by atoms with E-state index in [1.807, 2.05) is 19.9 Å². The van der Waals surface area contributed by atoms with Crippen molar-refractivity contribution in [2.24, 2.45) is 0 Å². The number of ether oxygens (including phenoxy) is 3. The van der Waals surface area contributed by atoms with Crippen LogP contribution in [0, 0.1) is 0 Å². The van der Waals surface area contributed by atoms with E-state index < -0.39 is 12.6 Å². The van der Waals surface area contributed by atoms with Crippen LogP contribution in [0.3, 0.4) is 0 Å². The van der Waals surface area contributed by atoms with Crippen molar-refractivity contribution < 1.29 is 23.8 Å². The Morgan fingerprint density at radius 3 is 2.48 bits per heavy atom. The molecule has 0 heterocycles. The molecule has 0 aliphatic heterocycles. The fourth-order valence-electron chi connectivity index (χ4n) is 2.51. The molecule has 0 aliphatic rings. The Labute approximate surface area is 180 Å². The standard InChI is InChI=1S/C21H23Cl2NO5/c1-13(2)29-20-17(23)9-15(10-18(20)27-4)21(26)28-12-19(25)24(3)11-14-6-5-7-16(22)8-14/h5-10,13H,11-12H2,1-4H3. The molecule has 0 unspecified atom stereocenters. The van der Waals surface area contributed by atoms with Crippen molar-refractivity contribution in [1.82, 2.24) is 4.90 Å². The summed E-state index contributed by atoms with van der Waals surface area (Å²) in [6.07, 6.45) is -0.119. The predicted molar refractivity (Wildman–Crippen MR) is 112 cm³/mol. The van der Waals surface area contributed by atoms with Crippen LogP contribution in [0.4, 0.5) is 0 Å². The first-order valence-corrected chi connectivity index (χ1v) is 9.66. The van der Waals surface area contributed by atoms with Crippen LogP contribution in [0.1, 0.15) is 29.8 Å². The number of likely N-dealkylation sites (N-methyl/N-ethyl adjacent to an activating group) is 1. The van der Waals surface area contributed by atoms with E-state index in [0.717, 1.165) is 5.56 Å². The van der Waals surface area contributed by atoms with Gasteiger partial charge in [-0.1, -0.05) is 35.3 Å². The lowest BCUT2D eigenvalue weighted by Gasteiger charge is -2.18. The molecule has 0 aliphatic carbocycles. The lowest BCUT2D eigenvalue weighted by atomic mass is 10.2. The van der Waals surface area contributed by atoms with E-state index in [2.05, 4.69) is 0 Å². The predicted octanol–water partition coefficient (Wildman–Crippen LogP) is 4.60. The highest BCUT2D eigenvalue weighted by molar-refractivity contribution is 6.32. The Hall–Kier alpha value is -2.44. The van der Waals surface area contributed by atoms with Crippen molar-refractivity contribution in [2.75, 3.05) is 20.8 Å². The van der Waals surface area contributed by atoms with E-state index in [4.69, 9.17) is 37.4 Å². The molecule has 1 amide bonds. The third kappa shape index (κ3) is 6.54. The van der Waals surface area contributed by atoms with Gasteiger partial charge in [-0.25, -0.2) is 4.79 Å². The van der Waals surface area contributed by atoms with Gasteiger partial charge in [0.05, 0.1) is 23.8 Å². The van der Waals surface area contributed by atoms with Gasteiger partial charge in [0, 0.05) is 18.6 Å². The van der Waals surface area contributed by atoms with E-state index in [9.17, 15) is 9.59 Å². The zero-order chi connectivity index (χ0) is 21.6. The zero-order valence-electron chi connectivity index (χ0n) is 16.7. The smallest absolute Gasteiger partial charge is 0.338 e. The third-order valence-corrected chi connectivity index (χ3v) is 4.40. The second-order valence-corrected chi connectivity index (χ2v) is 7.46. The number of carbonyl (C=O) groups excluding carboxylic acids is 2. The number of nitrogens with zero attached hydrogens (tertiary/aromatic N) is 1. The van der Waals surface area contributed by atoms with Crippen molar-refractivity contribution in [1.29, 1.82) is 0 Å². The number of amides is 1. The van der Waals surface area contributed by atoms with Gasteiger partial charge in [-0.05, 0) is 43.7 Å². The number of hydrogen-bond acceptors (Lipinski definition) is 5. The van der Waals surface area contributed by atoms with Crippen molar-refractivity contribution in [3.8, 4) is 11.5 Å². The first-order chi connectivity index (χ1) is 13.7. The number of esters is 1.